The molecule has 2 aromatic heterocycles. The third-order valence-corrected chi connectivity index (χ3v) is 3.44. The lowest BCUT2D eigenvalue weighted by molar-refractivity contribution is -0.123. The number of hydrogen-bond acceptors (Lipinski definition) is 5. The standard InChI is InChI=1S/C16H20N4O3/c1-11-8-16(22)20(19-12(11)2)9-15(21)18-14(10-23-3)13-6-4-5-7-17-13/h4-8,14H,9-10H2,1-3H3,(H,18,21)/t14-/m0/s1. The van der Waals surface area contributed by atoms with Crippen LogP contribution in [0.1, 0.15) is 23.0 Å². The third-order valence-electron chi connectivity index (χ3n) is 3.44. The Labute approximate surface area is 134 Å². The van der Waals surface area contributed by atoms with Crippen LogP contribution in [0.15, 0.2) is 35.3 Å². The number of carbonyl (C=O) groups excluding carboxylic acids is 1. The van der Waals surface area contributed by atoms with E-state index in [9.17, 15) is 9.59 Å². The number of amides is 1. The first-order valence-corrected chi connectivity index (χ1v) is 7.26. The molecule has 1 N–H and O–H groups in total. The Morgan fingerprint density at radius 1 is 1.39 bits per heavy atom. The van der Waals surface area contributed by atoms with Crippen LogP contribution in [0.2, 0.25) is 0 Å². The topological polar surface area (TPSA) is 86.1 Å². The van der Waals surface area contributed by atoms with E-state index in [-0.39, 0.29) is 30.7 Å². The van der Waals surface area contributed by atoms with E-state index >= 15 is 0 Å². The van der Waals surface area contributed by atoms with Crippen molar-refractivity contribution in [2.24, 2.45) is 0 Å². The molecule has 0 aliphatic rings. The van der Waals surface area contributed by atoms with Crippen LogP contribution in [0.5, 0.6) is 0 Å². The van der Waals surface area contributed by atoms with Crippen molar-refractivity contribution in [3.63, 3.8) is 0 Å². The molecule has 0 aromatic carbocycles. The van der Waals surface area contributed by atoms with E-state index < -0.39 is 0 Å². The van der Waals surface area contributed by atoms with Crippen LogP contribution in [0.4, 0.5) is 0 Å². The lowest BCUT2D eigenvalue weighted by atomic mass is 10.2. The molecule has 0 aliphatic heterocycles. The van der Waals surface area contributed by atoms with E-state index in [0.29, 0.717) is 5.69 Å². The molecule has 7 nitrogen and oxygen atoms in total. The summed E-state index contributed by atoms with van der Waals surface area (Å²) in [6.45, 7) is 3.75. The maximum Gasteiger partial charge on any atom is 0.267 e. The average molecular weight is 316 g/mol. The Bertz CT molecular complexity index is 728. The van der Waals surface area contributed by atoms with Gasteiger partial charge in [0.15, 0.2) is 0 Å². The SMILES string of the molecule is COC[C@H](NC(=O)Cn1nc(C)c(C)cc1=O)c1ccccn1. The molecule has 2 heterocycles. The largest absolute Gasteiger partial charge is 0.382 e. The predicted molar refractivity (Wildman–Crippen MR) is 85.0 cm³/mol. The molecule has 0 bridgehead atoms. The molecular formula is C16H20N4O3. The van der Waals surface area contributed by atoms with Gasteiger partial charge in [0.05, 0.1) is 24.0 Å². The molecule has 0 fully saturated rings. The zero-order chi connectivity index (χ0) is 16.8. The molecule has 0 spiro atoms. The van der Waals surface area contributed by atoms with Gasteiger partial charge in [-0.15, -0.1) is 0 Å². The molecule has 0 saturated carbocycles. The number of aryl methyl sites for hydroxylation is 2. The van der Waals surface area contributed by atoms with Crippen LogP contribution in [-0.2, 0) is 16.1 Å². The van der Waals surface area contributed by atoms with Crippen LogP contribution in [0.25, 0.3) is 0 Å². The van der Waals surface area contributed by atoms with Gasteiger partial charge >= 0.3 is 0 Å². The van der Waals surface area contributed by atoms with Crippen molar-refractivity contribution in [1.29, 1.82) is 0 Å². The van der Waals surface area contributed by atoms with Crippen LogP contribution in [0, 0.1) is 13.8 Å². The fraction of sp³-hybridized carbons (Fsp3) is 0.375. The summed E-state index contributed by atoms with van der Waals surface area (Å²) in [6.07, 6.45) is 1.65. The number of aromatic nitrogens is 3. The molecular weight excluding hydrogens is 296 g/mol. The molecule has 1 amide bonds. The third kappa shape index (κ3) is 4.46. The fourth-order valence-electron chi connectivity index (χ4n) is 2.11. The second kappa shape index (κ2) is 7.64. The molecule has 0 radical (unpaired) electrons. The van der Waals surface area contributed by atoms with Crippen molar-refractivity contribution in [2.75, 3.05) is 13.7 Å². The molecule has 0 saturated heterocycles. The van der Waals surface area contributed by atoms with Gasteiger partial charge in [-0.05, 0) is 31.5 Å². The minimum atomic E-state index is -0.379. The van der Waals surface area contributed by atoms with Gasteiger partial charge in [0.1, 0.15) is 6.54 Å². The van der Waals surface area contributed by atoms with Crippen molar-refractivity contribution in [3.8, 4) is 0 Å². The van der Waals surface area contributed by atoms with Gasteiger partial charge in [-0.3, -0.25) is 14.6 Å². The van der Waals surface area contributed by atoms with Crippen molar-refractivity contribution in [1.82, 2.24) is 20.1 Å². The van der Waals surface area contributed by atoms with E-state index in [2.05, 4.69) is 15.4 Å². The normalized spacial score (nSPS) is 12.0. The van der Waals surface area contributed by atoms with E-state index in [1.54, 1.807) is 26.3 Å². The van der Waals surface area contributed by atoms with Gasteiger partial charge in [-0.2, -0.15) is 5.10 Å². The highest BCUT2D eigenvalue weighted by molar-refractivity contribution is 5.76. The van der Waals surface area contributed by atoms with Gasteiger partial charge < -0.3 is 10.1 Å². The summed E-state index contributed by atoms with van der Waals surface area (Å²) in [7, 11) is 1.55. The fourth-order valence-corrected chi connectivity index (χ4v) is 2.11. The first kappa shape index (κ1) is 16.8. The highest BCUT2D eigenvalue weighted by Gasteiger charge is 2.16. The number of ether oxygens (including phenoxy) is 1. The molecule has 2 aromatic rings. The number of nitrogens with one attached hydrogen (secondary N) is 1. The number of methoxy groups -OCH3 is 1. The van der Waals surface area contributed by atoms with Crippen molar-refractivity contribution < 1.29 is 9.53 Å². The van der Waals surface area contributed by atoms with E-state index in [1.165, 1.54) is 6.07 Å². The summed E-state index contributed by atoms with van der Waals surface area (Å²) in [5, 5.41) is 6.95. The van der Waals surface area contributed by atoms with Gasteiger partial charge in [-0.25, -0.2) is 4.68 Å². The quantitative estimate of drug-likeness (QED) is 0.850. The number of carbonyl (C=O) groups is 1. The highest BCUT2D eigenvalue weighted by atomic mass is 16.5. The summed E-state index contributed by atoms with van der Waals surface area (Å²) in [4.78, 5) is 28.3. The van der Waals surface area contributed by atoms with Crippen molar-refractivity contribution in [2.45, 2.75) is 26.4 Å². The molecule has 7 heteroatoms. The Hall–Kier alpha value is -2.54. The molecule has 2 rings (SSSR count). The second-order valence-electron chi connectivity index (χ2n) is 5.24. The number of hydrogen-bond donors (Lipinski definition) is 1. The van der Waals surface area contributed by atoms with Crippen molar-refractivity contribution in [3.05, 3.63) is 57.8 Å². The molecule has 0 aliphatic carbocycles. The van der Waals surface area contributed by atoms with Crippen molar-refractivity contribution >= 4 is 5.91 Å². The van der Waals surface area contributed by atoms with E-state index in [0.717, 1.165) is 15.9 Å². The van der Waals surface area contributed by atoms with Gasteiger partial charge in [0.25, 0.3) is 5.56 Å². The van der Waals surface area contributed by atoms with Crippen LogP contribution >= 0.6 is 0 Å². The monoisotopic (exact) mass is 316 g/mol. The average Bonchev–Trinajstić information content (AvgIpc) is 2.53. The maximum absolute atomic E-state index is 12.2. The Balaban J connectivity index is 2.11. The lowest BCUT2D eigenvalue weighted by Gasteiger charge is -2.17. The summed E-state index contributed by atoms with van der Waals surface area (Å²) in [5.74, 6) is -0.324. The smallest absolute Gasteiger partial charge is 0.267 e. The number of pyridine rings is 1. The lowest BCUT2D eigenvalue weighted by Crippen LogP contribution is -2.37. The minimum Gasteiger partial charge on any atom is -0.382 e. The van der Waals surface area contributed by atoms with E-state index in [1.807, 2.05) is 19.1 Å². The van der Waals surface area contributed by atoms with Gasteiger partial charge in [0, 0.05) is 19.4 Å². The molecule has 0 unspecified atom stereocenters. The van der Waals surface area contributed by atoms with Crippen LogP contribution in [0.3, 0.4) is 0 Å². The minimum absolute atomic E-state index is 0.146. The molecule has 23 heavy (non-hydrogen) atoms. The van der Waals surface area contributed by atoms with E-state index in [4.69, 9.17) is 4.74 Å². The number of nitrogens with zero attached hydrogens (tertiary/aromatic N) is 3. The Kier molecular flexibility index (Phi) is 5.59. The summed E-state index contributed by atoms with van der Waals surface area (Å²) in [6, 6.07) is 6.54. The summed E-state index contributed by atoms with van der Waals surface area (Å²) in [5.41, 5.74) is 1.92. The number of rotatable bonds is 6. The van der Waals surface area contributed by atoms with Crippen LogP contribution < -0.4 is 10.9 Å². The zero-order valence-electron chi connectivity index (χ0n) is 13.4. The molecule has 122 valence electrons. The first-order valence-electron chi connectivity index (χ1n) is 7.26. The molecule has 1 atom stereocenters. The maximum atomic E-state index is 12.2. The van der Waals surface area contributed by atoms with Gasteiger partial charge in [-0.1, -0.05) is 6.07 Å². The predicted octanol–water partition coefficient (Wildman–Crippen LogP) is 0.759. The van der Waals surface area contributed by atoms with Gasteiger partial charge in [0.2, 0.25) is 5.91 Å². The Morgan fingerprint density at radius 3 is 2.83 bits per heavy atom. The zero-order valence-corrected chi connectivity index (χ0v) is 13.4. The van der Waals surface area contributed by atoms with Crippen LogP contribution in [-0.4, -0.2) is 34.4 Å². The highest BCUT2D eigenvalue weighted by Crippen LogP contribution is 2.09. The summed E-state index contributed by atoms with van der Waals surface area (Å²) < 4.78 is 6.28. The first-order chi connectivity index (χ1) is 11.0. The second-order valence-corrected chi connectivity index (χ2v) is 5.24. The Morgan fingerprint density at radius 2 is 2.17 bits per heavy atom. The summed E-state index contributed by atoms with van der Waals surface area (Å²) >= 11 is 0.